The van der Waals surface area contributed by atoms with Gasteiger partial charge in [0.2, 0.25) is 5.91 Å². The molecule has 0 atom stereocenters. The van der Waals surface area contributed by atoms with Crippen molar-refractivity contribution in [3.63, 3.8) is 0 Å². The van der Waals surface area contributed by atoms with Crippen LogP contribution in [0.4, 0.5) is 5.69 Å². The van der Waals surface area contributed by atoms with E-state index >= 15 is 0 Å². The minimum atomic E-state index is -0.0410. The molecular weight excluding hydrogens is 260 g/mol. The number of amides is 1. The normalized spacial score (nSPS) is 10.8. The van der Waals surface area contributed by atoms with Crippen LogP contribution in [0.5, 0.6) is 0 Å². The highest BCUT2D eigenvalue weighted by Crippen LogP contribution is 2.31. The summed E-state index contributed by atoms with van der Waals surface area (Å²) < 4.78 is 2.25. The van der Waals surface area contributed by atoms with E-state index < -0.39 is 0 Å². The molecule has 0 aliphatic heterocycles. The van der Waals surface area contributed by atoms with Crippen molar-refractivity contribution in [2.45, 2.75) is 20.4 Å². The van der Waals surface area contributed by atoms with E-state index in [1.165, 1.54) is 5.56 Å². The Bertz CT molecular complexity index is 788. The van der Waals surface area contributed by atoms with E-state index in [1.807, 2.05) is 37.3 Å². The first kappa shape index (κ1) is 13.4. The van der Waals surface area contributed by atoms with Crippen molar-refractivity contribution < 1.29 is 4.79 Å². The van der Waals surface area contributed by atoms with Gasteiger partial charge in [-0.1, -0.05) is 48.5 Å². The first-order chi connectivity index (χ1) is 10.2. The van der Waals surface area contributed by atoms with Gasteiger partial charge < -0.3 is 9.88 Å². The number of benzene rings is 2. The van der Waals surface area contributed by atoms with Gasteiger partial charge in [0.25, 0.3) is 0 Å². The molecule has 3 rings (SSSR count). The number of anilines is 1. The van der Waals surface area contributed by atoms with Crippen LogP contribution in [0.15, 0.2) is 54.6 Å². The van der Waals surface area contributed by atoms with Crippen molar-refractivity contribution in [3.8, 4) is 0 Å². The van der Waals surface area contributed by atoms with Gasteiger partial charge in [-0.3, -0.25) is 4.79 Å². The zero-order chi connectivity index (χ0) is 14.8. The van der Waals surface area contributed by atoms with E-state index in [4.69, 9.17) is 0 Å². The quantitative estimate of drug-likeness (QED) is 0.773. The molecule has 0 saturated heterocycles. The zero-order valence-corrected chi connectivity index (χ0v) is 12.3. The molecule has 0 aliphatic rings. The van der Waals surface area contributed by atoms with Crippen molar-refractivity contribution in [3.05, 3.63) is 65.9 Å². The number of nitrogens with zero attached hydrogens (tertiary/aromatic N) is 1. The van der Waals surface area contributed by atoms with Crippen LogP contribution in [0.3, 0.4) is 0 Å². The van der Waals surface area contributed by atoms with Gasteiger partial charge in [-0.05, 0) is 18.6 Å². The zero-order valence-electron chi connectivity index (χ0n) is 12.3. The SMILES string of the molecule is CC(=O)Nc1c(C)n(Cc2ccccc2)c2ccccc12. The predicted molar refractivity (Wildman–Crippen MR) is 86.5 cm³/mol. The predicted octanol–water partition coefficient (Wildman–Crippen LogP) is 3.96. The molecule has 106 valence electrons. The fraction of sp³-hybridized carbons (Fsp3) is 0.167. The van der Waals surface area contributed by atoms with Gasteiger partial charge in [-0.15, -0.1) is 0 Å². The molecule has 0 radical (unpaired) electrons. The number of aromatic nitrogens is 1. The van der Waals surface area contributed by atoms with E-state index in [2.05, 4.69) is 34.1 Å². The molecule has 1 amide bonds. The summed E-state index contributed by atoms with van der Waals surface area (Å²) in [5.74, 6) is -0.0410. The molecule has 0 saturated carbocycles. The Hall–Kier alpha value is -2.55. The van der Waals surface area contributed by atoms with Gasteiger partial charge in [-0.2, -0.15) is 0 Å². The van der Waals surface area contributed by atoms with Crippen LogP contribution < -0.4 is 5.32 Å². The third kappa shape index (κ3) is 2.55. The molecule has 0 aliphatic carbocycles. The Morgan fingerprint density at radius 2 is 1.71 bits per heavy atom. The minimum absolute atomic E-state index is 0.0410. The Balaban J connectivity index is 2.14. The maximum Gasteiger partial charge on any atom is 0.221 e. The summed E-state index contributed by atoms with van der Waals surface area (Å²) >= 11 is 0. The Labute approximate surface area is 124 Å². The van der Waals surface area contributed by atoms with E-state index in [0.29, 0.717) is 0 Å². The molecule has 3 heteroatoms. The third-order valence-electron chi connectivity index (χ3n) is 3.72. The Kier molecular flexibility index (Phi) is 3.48. The number of carbonyl (C=O) groups is 1. The van der Waals surface area contributed by atoms with Crippen molar-refractivity contribution in [2.24, 2.45) is 0 Å². The second kappa shape index (κ2) is 5.44. The van der Waals surface area contributed by atoms with E-state index in [-0.39, 0.29) is 5.91 Å². The van der Waals surface area contributed by atoms with E-state index in [9.17, 15) is 4.79 Å². The number of carbonyl (C=O) groups excluding carboxylic acids is 1. The summed E-state index contributed by atoms with van der Waals surface area (Å²) in [5, 5.41) is 4.05. The maximum absolute atomic E-state index is 11.5. The molecule has 0 fully saturated rings. The van der Waals surface area contributed by atoms with Crippen molar-refractivity contribution in [1.29, 1.82) is 0 Å². The Morgan fingerprint density at radius 1 is 1.05 bits per heavy atom. The summed E-state index contributed by atoms with van der Waals surface area (Å²) in [6.07, 6.45) is 0. The van der Waals surface area contributed by atoms with Crippen LogP contribution in [0.2, 0.25) is 0 Å². The van der Waals surface area contributed by atoms with Gasteiger partial charge >= 0.3 is 0 Å². The number of fused-ring (bicyclic) bond motifs is 1. The van der Waals surface area contributed by atoms with Crippen LogP contribution in [0, 0.1) is 6.92 Å². The largest absolute Gasteiger partial charge is 0.338 e. The van der Waals surface area contributed by atoms with Crippen LogP contribution >= 0.6 is 0 Å². The van der Waals surface area contributed by atoms with Gasteiger partial charge in [-0.25, -0.2) is 0 Å². The van der Waals surface area contributed by atoms with E-state index in [0.717, 1.165) is 28.8 Å². The topological polar surface area (TPSA) is 34.0 Å². The lowest BCUT2D eigenvalue weighted by Crippen LogP contribution is -2.08. The van der Waals surface area contributed by atoms with Gasteiger partial charge in [0.1, 0.15) is 0 Å². The van der Waals surface area contributed by atoms with E-state index in [1.54, 1.807) is 6.92 Å². The third-order valence-corrected chi connectivity index (χ3v) is 3.72. The molecule has 0 unspecified atom stereocenters. The van der Waals surface area contributed by atoms with Crippen LogP contribution in [-0.2, 0) is 11.3 Å². The molecule has 1 N–H and O–H groups in total. The highest BCUT2D eigenvalue weighted by molar-refractivity contribution is 6.02. The number of hydrogen-bond donors (Lipinski definition) is 1. The highest BCUT2D eigenvalue weighted by Gasteiger charge is 2.14. The molecular formula is C18H18N2O. The van der Waals surface area contributed by atoms with Crippen molar-refractivity contribution in [2.75, 3.05) is 5.32 Å². The van der Waals surface area contributed by atoms with Crippen LogP contribution in [-0.4, -0.2) is 10.5 Å². The number of rotatable bonds is 3. The molecule has 3 nitrogen and oxygen atoms in total. The van der Waals surface area contributed by atoms with Crippen LogP contribution in [0.1, 0.15) is 18.2 Å². The lowest BCUT2D eigenvalue weighted by atomic mass is 10.2. The fourth-order valence-electron chi connectivity index (χ4n) is 2.73. The first-order valence-electron chi connectivity index (χ1n) is 7.06. The average Bonchev–Trinajstić information content (AvgIpc) is 2.74. The minimum Gasteiger partial charge on any atom is -0.338 e. The lowest BCUT2D eigenvalue weighted by molar-refractivity contribution is -0.114. The fourth-order valence-corrected chi connectivity index (χ4v) is 2.73. The maximum atomic E-state index is 11.5. The number of para-hydroxylation sites is 1. The molecule has 0 bridgehead atoms. The number of nitrogens with one attached hydrogen (secondary N) is 1. The second-order valence-corrected chi connectivity index (χ2v) is 5.23. The number of hydrogen-bond acceptors (Lipinski definition) is 1. The average molecular weight is 278 g/mol. The molecule has 2 aromatic carbocycles. The smallest absolute Gasteiger partial charge is 0.221 e. The molecule has 0 spiro atoms. The van der Waals surface area contributed by atoms with Crippen LogP contribution in [0.25, 0.3) is 10.9 Å². The Morgan fingerprint density at radius 3 is 2.43 bits per heavy atom. The molecule has 1 heterocycles. The molecule has 21 heavy (non-hydrogen) atoms. The highest BCUT2D eigenvalue weighted by atomic mass is 16.1. The molecule has 3 aromatic rings. The summed E-state index contributed by atoms with van der Waals surface area (Å²) in [6, 6.07) is 18.5. The lowest BCUT2D eigenvalue weighted by Gasteiger charge is -2.09. The molecule has 1 aromatic heterocycles. The summed E-state index contributed by atoms with van der Waals surface area (Å²) in [5.41, 5.74) is 4.38. The standard InChI is InChI=1S/C18H18N2O/c1-13-18(19-14(2)21)16-10-6-7-11-17(16)20(13)12-15-8-4-3-5-9-15/h3-11H,12H2,1-2H3,(H,19,21). The second-order valence-electron chi connectivity index (χ2n) is 5.23. The van der Waals surface area contributed by atoms with Gasteiger partial charge in [0, 0.05) is 24.5 Å². The van der Waals surface area contributed by atoms with Gasteiger partial charge in [0.15, 0.2) is 0 Å². The van der Waals surface area contributed by atoms with Crippen molar-refractivity contribution >= 4 is 22.5 Å². The first-order valence-corrected chi connectivity index (χ1v) is 7.06. The summed E-state index contributed by atoms with van der Waals surface area (Å²) in [6.45, 7) is 4.39. The summed E-state index contributed by atoms with van der Waals surface area (Å²) in [7, 11) is 0. The van der Waals surface area contributed by atoms with Crippen molar-refractivity contribution in [1.82, 2.24) is 4.57 Å². The summed E-state index contributed by atoms with van der Waals surface area (Å²) in [4.78, 5) is 11.5. The monoisotopic (exact) mass is 278 g/mol. The van der Waals surface area contributed by atoms with Gasteiger partial charge in [0.05, 0.1) is 11.2 Å².